The van der Waals surface area contributed by atoms with Crippen LogP contribution in [0.2, 0.25) is 0 Å². The lowest BCUT2D eigenvalue weighted by Crippen LogP contribution is -2.22. The van der Waals surface area contributed by atoms with Gasteiger partial charge in [-0.05, 0) is 101 Å². The number of rotatable bonds is 9. The summed E-state index contributed by atoms with van der Waals surface area (Å²) in [6, 6.07) is 31.1. The van der Waals surface area contributed by atoms with Crippen molar-refractivity contribution < 1.29 is 9.47 Å². The molecule has 0 heterocycles. The third kappa shape index (κ3) is 5.83. The van der Waals surface area contributed by atoms with Gasteiger partial charge in [-0.1, -0.05) is 72.8 Å². The van der Waals surface area contributed by atoms with Crippen LogP contribution in [0.1, 0.15) is 22.3 Å². The minimum atomic E-state index is -0.602. The van der Waals surface area contributed by atoms with E-state index >= 15 is 0 Å². The number of hydrogen-bond donors (Lipinski definition) is 0. The van der Waals surface area contributed by atoms with E-state index < -0.39 is 15.8 Å². The first-order chi connectivity index (χ1) is 17.4. The number of hydrogen-bond acceptors (Lipinski definition) is 2. The van der Waals surface area contributed by atoms with Crippen LogP contribution in [-0.2, 0) is 0 Å². The summed E-state index contributed by atoms with van der Waals surface area (Å²) in [6.07, 6.45) is 2.16. The maximum absolute atomic E-state index is 5.98. The molecule has 186 valence electrons. The molecule has 2 atom stereocenters. The van der Waals surface area contributed by atoms with Crippen molar-refractivity contribution in [1.29, 1.82) is 0 Å². The SMILES string of the molecule is COc1c(C)cc(C)cc1[P@](CC[P@](c1ccccc1)c1cc(C)cc(C)c1OC)c1ccccc1. The molecule has 0 N–H and O–H groups in total. The van der Waals surface area contributed by atoms with Crippen molar-refractivity contribution in [3.8, 4) is 11.5 Å². The molecule has 0 fully saturated rings. The van der Waals surface area contributed by atoms with Gasteiger partial charge in [0, 0.05) is 10.6 Å². The molecule has 0 unspecified atom stereocenters. The van der Waals surface area contributed by atoms with E-state index in [9.17, 15) is 0 Å². The van der Waals surface area contributed by atoms with E-state index in [1.807, 2.05) is 0 Å². The van der Waals surface area contributed by atoms with Crippen molar-refractivity contribution in [2.45, 2.75) is 27.7 Å². The lowest BCUT2D eigenvalue weighted by molar-refractivity contribution is 0.415. The molecular weight excluding hydrogens is 478 g/mol. The Morgan fingerprint density at radius 2 is 0.889 bits per heavy atom. The first kappa shape index (κ1) is 26.4. The van der Waals surface area contributed by atoms with Crippen molar-refractivity contribution in [2.24, 2.45) is 0 Å². The Labute approximate surface area is 219 Å². The lowest BCUT2D eigenvalue weighted by atomic mass is 10.1. The first-order valence-electron chi connectivity index (χ1n) is 12.4. The molecule has 36 heavy (non-hydrogen) atoms. The number of benzene rings is 4. The Morgan fingerprint density at radius 1 is 0.528 bits per heavy atom. The van der Waals surface area contributed by atoms with Crippen LogP contribution >= 0.6 is 15.8 Å². The van der Waals surface area contributed by atoms with Gasteiger partial charge in [-0.2, -0.15) is 0 Å². The normalized spacial score (nSPS) is 12.7. The predicted octanol–water partition coefficient (Wildman–Crippen LogP) is 6.50. The Morgan fingerprint density at radius 3 is 1.22 bits per heavy atom. The zero-order valence-electron chi connectivity index (χ0n) is 22.2. The fourth-order valence-corrected chi connectivity index (χ4v) is 11.0. The molecule has 0 saturated carbocycles. The molecule has 0 amide bonds. The summed E-state index contributed by atoms with van der Waals surface area (Å²) in [4.78, 5) is 0. The van der Waals surface area contributed by atoms with Crippen LogP contribution in [-0.4, -0.2) is 26.5 Å². The third-order valence-corrected chi connectivity index (χ3v) is 11.8. The van der Waals surface area contributed by atoms with Gasteiger partial charge in [0.1, 0.15) is 11.5 Å². The van der Waals surface area contributed by atoms with Gasteiger partial charge in [0.25, 0.3) is 0 Å². The molecule has 0 aliphatic rings. The van der Waals surface area contributed by atoms with Crippen molar-refractivity contribution in [2.75, 3.05) is 26.5 Å². The topological polar surface area (TPSA) is 18.5 Å². The molecule has 0 bridgehead atoms. The van der Waals surface area contributed by atoms with Crippen LogP contribution in [0.25, 0.3) is 0 Å². The lowest BCUT2D eigenvalue weighted by Gasteiger charge is -2.27. The Balaban J connectivity index is 1.81. The first-order valence-corrected chi connectivity index (χ1v) is 15.4. The molecule has 4 aromatic carbocycles. The minimum Gasteiger partial charge on any atom is -0.496 e. The van der Waals surface area contributed by atoms with Gasteiger partial charge in [-0.25, -0.2) is 0 Å². The van der Waals surface area contributed by atoms with Gasteiger partial charge in [-0.15, -0.1) is 0 Å². The molecular formula is C32H36O2P2. The van der Waals surface area contributed by atoms with Gasteiger partial charge >= 0.3 is 0 Å². The highest BCUT2D eigenvalue weighted by Gasteiger charge is 2.25. The van der Waals surface area contributed by atoms with Gasteiger partial charge in [-0.3, -0.25) is 0 Å². The van der Waals surface area contributed by atoms with Crippen LogP contribution in [0.15, 0.2) is 84.9 Å². The van der Waals surface area contributed by atoms with E-state index in [0.717, 1.165) is 23.8 Å². The second-order valence-electron chi connectivity index (χ2n) is 9.24. The van der Waals surface area contributed by atoms with Crippen molar-refractivity contribution in [1.82, 2.24) is 0 Å². The van der Waals surface area contributed by atoms with Crippen LogP contribution in [0.3, 0.4) is 0 Å². The largest absolute Gasteiger partial charge is 0.496 e. The number of aryl methyl sites for hydroxylation is 4. The van der Waals surface area contributed by atoms with Crippen LogP contribution in [0.4, 0.5) is 0 Å². The summed E-state index contributed by atoms with van der Waals surface area (Å²) in [5.74, 6) is 2.06. The van der Waals surface area contributed by atoms with Crippen LogP contribution in [0.5, 0.6) is 11.5 Å². The molecule has 0 aliphatic carbocycles. The van der Waals surface area contributed by atoms with E-state index in [4.69, 9.17) is 9.47 Å². The summed E-state index contributed by atoms with van der Waals surface area (Å²) in [6.45, 7) is 8.69. The zero-order chi connectivity index (χ0) is 25.7. The van der Waals surface area contributed by atoms with E-state index in [-0.39, 0.29) is 0 Å². The van der Waals surface area contributed by atoms with E-state index in [1.54, 1.807) is 14.2 Å². The van der Waals surface area contributed by atoms with E-state index in [2.05, 4.69) is 113 Å². The zero-order valence-corrected chi connectivity index (χ0v) is 24.0. The van der Waals surface area contributed by atoms with Crippen molar-refractivity contribution in [3.05, 3.63) is 107 Å². The van der Waals surface area contributed by atoms with Gasteiger partial charge in [0.05, 0.1) is 14.2 Å². The van der Waals surface area contributed by atoms with E-state index in [1.165, 1.54) is 43.5 Å². The average Bonchev–Trinajstić information content (AvgIpc) is 2.87. The second-order valence-corrected chi connectivity index (χ2v) is 13.8. The molecule has 0 saturated heterocycles. The van der Waals surface area contributed by atoms with Gasteiger partial charge < -0.3 is 9.47 Å². The molecule has 0 spiro atoms. The van der Waals surface area contributed by atoms with Crippen LogP contribution < -0.4 is 30.7 Å². The molecule has 2 nitrogen and oxygen atoms in total. The Hall–Kier alpha value is -2.66. The Kier molecular flexibility index (Phi) is 8.84. The third-order valence-electron chi connectivity index (χ3n) is 6.47. The molecule has 0 radical (unpaired) electrons. The highest BCUT2D eigenvalue weighted by molar-refractivity contribution is 7.76. The molecule has 4 aromatic rings. The smallest absolute Gasteiger partial charge is 0.129 e. The standard InChI is InChI=1S/C32H36O2P2/c1-23-19-25(3)31(33-5)29(21-23)35(27-13-9-7-10-14-27)17-18-36(28-15-11-8-12-16-28)30-22-24(2)20-26(4)32(30)34-6/h7-16,19-22H,17-18H2,1-6H3/t35-,36-/m1/s1. The summed E-state index contributed by atoms with van der Waals surface area (Å²) in [7, 11) is 2.40. The molecule has 0 aliphatic heterocycles. The summed E-state index contributed by atoms with van der Waals surface area (Å²) < 4.78 is 12.0. The number of methoxy groups -OCH3 is 2. The van der Waals surface area contributed by atoms with Crippen molar-refractivity contribution in [3.63, 3.8) is 0 Å². The fraction of sp³-hybridized carbons (Fsp3) is 0.250. The predicted molar refractivity (Wildman–Crippen MR) is 160 cm³/mol. The summed E-state index contributed by atoms with van der Waals surface area (Å²) in [5.41, 5.74) is 4.98. The monoisotopic (exact) mass is 514 g/mol. The summed E-state index contributed by atoms with van der Waals surface area (Å²) in [5, 5.41) is 5.47. The average molecular weight is 515 g/mol. The molecule has 0 aromatic heterocycles. The maximum Gasteiger partial charge on any atom is 0.129 e. The van der Waals surface area contributed by atoms with Crippen molar-refractivity contribution >= 4 is 37.1 Å². The second kappa shape index (κ2) is 12.1. The maximum atomic E-state index is 5.98. The highest BCUT2D eigenvalue weighted by Crippen LogP contribution is 2.45. The van der Waals surface area contributed by atoms with E-state index in [0.29, 0.717) is 0 Å². The van der Waals surface area contributed by atoms with Gasteiger partial charge in [0.15, 0.2) is 0 Å². The number of ether oxygens (including phenoxy) is 2. The molecule has 4 rings (SSSR count). The summed E-state index contributed by atoms with van der Waals surface area (Å²) >= 11 is 0. The Bertz CT molecular complexity index is 1200. The van der Waals surface area contributed by atoms with Crippen LogP contribution in [0, 0.1) is 27.7 Å². The fourth-order valence-electron chi connectivity index (χ4n) is 4.99. The minimum absolute atomic E-state index is 0.602. The molecule has 4 heteroatoms. The highest BCUT2D eigenvalue weighted by atomic mass is 31.1. The quantitative estimate of drug-likeness (QED) is 0.237. The van der Waals surface area contributed by atoms with Gasteiger partial charge in [0.2, 0.25) is 0 Å².